The number of rotatable bonds is 5. The highest BCUT2D eigenvalue weighted by atomic mass is 35.5. The van der Waals surface area contributed by atoms with Gasteiger partial charge in [-0.05, 0) is 61.4 Å². The number of nitrogens with two attached hydrogens (primary N) is 1. The van der Waals surface area contributed by atoms with Gasteiger partial charge in [-0.2, -0.15) is 0 Å². The lowest BCUT2D eigenvalue weighted by Crippen LogP contribution is -2.12. The minimum atomic E-state index is -0.309. The number of nitrogens with one attached hydrogen (secondary N) is 1. The summed E-state index contributed by atoms with van der Waals surface area (Å²) in [5.74, 6) is 7.29. The molecular weight excluding hydrogens is 479 g/mol. The van der Waals surface area contributed by atoms with Gasteiger partial charge in [0.15, 0.2) is 0 Å². The van der Waals surface area contributed by atoms with Crippen LogP contribution < -0.4 is 15.8 Å². The van der Waals surface area contributed by atoms with E-state index in [9.17, 15) is 4.39 Å². The molecule has 0 amide bonds. The normalized spacial score (nSPS) is 17.0. The van der Waals surface area contributed by atoms with Crippen molar-refractivity contribution in [3.8, 4) is 17.6 Å². The van der Waals surface area contributed by atoms with Crippen molar-refractivity contribution in [2.24, 2.45) is 5.41 Å². The molecule has 0 radical (unpaired) electrons. The van der Waals surface area contributed by atoms with Crippen molar-refractivity contribution in [2.75, 3.05) is 24.3 Å². The predicted octanol–water partition coefficient (Wildman–Crippen LogP) is 6.11. The molecule has 1 fully saturated rings. The summed E-state index contributed by atoms with van der Waals surface area (Å²) in [6, 6.07) is 15.3. The van der Waals surface area contributed by atoms with Crippen molar-refractivity contribution >= 4 is 39.7 Å². The molecule has 8 heteroatoms. The standard InChI is InChI=1S/C28H24ClFN4O2/c1-28(9-10-35-16-28)8-7-19-12-25-22(14-24(19)31)27(33-17-32-25)34-21-5-6-26(23(29)13-21)36-15-18-3-2-4-20(30)11-18/h2-6,11-14,17H,9-10,15-16,31H2,1H3,(H,32,33,34). The quantitative estimate of drug-likeness (QED) is 0.253. The fraction of sp³-hybridized carbons (Fsp3) is 0.214. The second-order valence-corrected chi connectivity index (χ2v) is 9.39. The van der Waals surface area contributed by atoms with Gasteiger partial charge in [0, 0.05) is 28.9 Å². The van der Waals surface area contributed by atoms with Crippen LogP contribution in [0.1, 0.15) is 24.5 Å². The van der Waals surface area contributed by atoms with Crippen LogP contribution in [0.4, 0.5) is 21.6 Å². The highest BCUT2D eigenvalue weighted by Gasteiger charge is 2.27. The molecule has 3 N–H and O–H groups in total. The molecule has 6 nitrogen and oxygen atoms in total. The summed E-state index contributed by atoms with van der Waals surface area (Å²) in [6.07, 6.45) is 2.39. The number of halogens is 2. The number of aromatic nitrogens is 2. The number of ether oxygens (including phenoxy) is 2. The van der Waals surface area contributed by atoms with Crippen LogP contribution >= 0.6 is 11.6 Å². The van der Waals surface area contributed by atoms with Gasteiger partial charge in [-0.25, -0.2) is 14.4 Å². The molecule has 0 saturated carbocycles. The van der Waals surface area contributed by atoms with E-state index in [1.54, 1.807) is 24.3 Å². The molecule has 0 spiro atoms. The Bertz CT molecular complexity index is 1490. The lowest BCUT2D eigenvalue weighted by Gasteiger charge is -2.13. The number of hydrogen-bond acceptors (Lipinski definition) is 6. The molecule has 1 unspecified atom stereocenters. The highest BCUT2D eigenvalue weighted by Crippen LogP contribution is 2.32. The van der Waals surface area contributed by atoms with Crippen LogP contribution in [0.2, 0.25) is 5.02 Å². The number of nitrogen functional groups attached to an aromatic ring is 1. The summed E-state index contributed by atoms with van der Waals surface area (Å²) in [6.45, 7) is 3.65. The van der Waals surface area contributed by atoms with E-state index in [1.807, 2.05) is 18.2 Å². The van der Waals surface area contributed by atoms with Crippen molar-refractivity contribution in [1.82, 2.24) is 9.97 Å². The number of fused-ring (bicyclic) bond motifs is 1. The lowest BCUT2D eigenvalue weighted by atomic mass is 9.90. The fourth-order valence-electron chi connectivity index (χ4n) is 3.93. The van der Waals surface area contributed by atoms with E-state index < -0.39 is 0 Å². The molecule has 1 aromatic heterocycles. The van der Waals surface area contributed by atoms with Crippen LogP contribution in [0.5, 0.6) is 5.75 Å². The molecule has 5 rings (SSSR count). The van der Waals surface area contributed by atoms with E-state index in [2.05, 4.69) is 34.0 Å². The van der Waals surface area contributed by atoms with Gasteiger partial charge >= 0.3 is 0 Å². The van der Waals surface area contributed by atoms with Crippen molar-refractivity contribution < 1.29 is 13.9 Å². The van der Waals surface area contributed by atoms with Gasteiger partial charge in [-0.15, -0.1) is 0 Å². The SMILES string of the molecule is CC1(C#Cc2cc3ncnc(Nc4ccc(OCc5cccc(F)c5)c(Cl)c4)c3cc2N)CCOC1. The molecule has 1 aliphatic heterocycles. The Morgan fingerprint density at radius 2 is 2.08 bits per heavy atom. The second-order valence-electron chi connectivity index (χ2n) is 8.98. The summed E-state index contributed by atoms with van der Waals surface area (Å²) in [5, 5.41) is 4.45. The molecule has 1 saturated heterocycles. The first-order chi connectivity index (χ1) is 17.4. The Morgan fingerprint density at radius 3 is 2.86 bits per heavy atom. The van der Waals surface area contributed by atoms with Crippen molar-refractivity contribution in [3.05, 3.63) is 82.9 Å². The topological polar surface area (TPSA) is 82.3 Å². The summed E-state index contributed by atoms with van der Waals surface area (Å²) in [4.78, 5) is 8.79. The zero-order valence-corrected chi connectivity index (χ0v) is 20.4. The van der Waals surface area contributed by atoms with Gasteiger partial charge < -0.3 is 20.5 Å². The predicted molar refractivity (Wildman–Crippen MR) is 140 cm³/mol. The lowest BCUT2D eigenvalue weighted by molar-refractivity contribution is 0.177. The maximum Gasteiger partial charge on any atom is 0.141 e. The molecule has 36 heavy (non-hydrogen) atoms. The number of nitrogens with zero attached hydrogens (tertiary/aromatic N) is 2. The first-order valence-corrected chi connectivity index (χ1v) is 11.9. The van der Waals surface area contributed by atoms with Gasteiger partial charge in [0.2, 0.25) is 0 Å². The number of anilines is 3. The fourth-order valence-corrected chi connectivity index (χ4v) is 4.17. The monoisotopic (exact) mass is 502 g/mol. The van der Waals surface area contributed by atoms with E-state index in [1.165, 1.54) is 18.5 Å². The van der Waals surface area contributed by atoms with Crippen LogP contribution in [-0.4, -0.2) is 23.2 Å². The average Bonchev–Trinajstić information content (AvgIpc) is 3.29. The van der Waals surface area contributed by atoms with Crippen molar-refractivity contribution in [2.45, 2.75) is 20.0 Å². The summed E-state index contributed by atoms with van der Waals surface area (Å²) in [5.41, 5.74) is 9.60. The largest absolute Gasteiger partial charge is 0.487 e. The third kappa shape index (κ3) is 5.35. The Morgan fingerprint density at radius 1 is 1.19 bits per heavy atom. The summed E-state index contributed by atoms with van der Waals surface area (Å²) >= 11 is 6.44. The van der Waals surface area contributed by atoms with Crippen molar-refractivity contribution in [1.29, 1.82) is 0 Å². The highest BCUT2D eigenvalue weighted by molar-refractivity contribution is 6.32. The molecule has 1 atom stereocenters. The van der Waals surface area contributed by atoms with Crippen LogP contribution in [0.15, 0.2) is 60.9 Å². The molecule has 182 valence electrons. The number of benzene rings is 3. The Hall–Kier alpha value is -3.86. The first-order valence-electron chi connectivity index (χ1n) is 11.5. The Balaban J connectivity index is 1.35. The van der Waals surface area contributed by atoms with Gasteiger partial charge in [0.1, 0.15) is 30.3 Å². The van der Waals surface area contributed by atoms with Gasteiger partial charge in [0.05, 0.1) is 22.6 Å². The molecular formula is C28H24ClFN4O2. The molecule has 2 heterocycles. The van der Waals surface area contributed by atoms with Gasteiger partial charge in [-0.1, -0.05) is 35.6 Å². The van der Waals surface area contributed by atoms with Gasteiger partial charge in [0.25, 0.3) is 0 Å². The van der Waals surface area contributed by atoms with E-state index in [4.69, 9.17) is 26.8 Å². The molecule has 3 aromatic carbocycles. The van der Waals surface area contributed by atoms with Crippen molar-refractivity contribution in [3.63, 3.8) is 0 Å². The van der Waals surface area contributed by atoms with E-state index >= 15 is 0 Å². The molecule has 0 aliphatic carbocycles. The summed E-state index contributed by atoms with van der Waals surface area (Å²) in [7, 11) is 0. The van der Waals surface area contributed by atoms with Crippen LogP contribution in [0.25, 0.3) is 10.9 Å². The number of hydrogen-bond donors (Lipinski definition) is 2. The molecule has 4 aromatic rings. The zero-order chi connectivity index (χ0) is 25.1. The second kappa shape index (κ2) is 10.0. The first kappa shape index (κ1) is 23.9. The Kier molecular flexibility index (Phi) is 6.64. The third-order valence-corrected chi connectivity index (χ3v) is 6.30. The maximum atomic E-state index is 13.4. The Labute approximate surface area is 213 Å². The van der Waals surface area contributed by atoms with Crippen LogP contribution in [0.3, 0.4) is 0 Å². The van der Waals surface area contributed by atoms with Crippen LogP contribution in [0, 0.1) is 23.1 Å². The maximum absolute atomic E-state index is 13.4. The summed E-state index contributed by atoms with van der Waals surface area (Å²) < 4.78 is 24.6. The average molecular weight is 503 g/mol. The third-order valence-electron chi connectivity index (χ3n) is 6.00. The van der Waals surface area contributed by atoms with E-state index in [0.717, 1.165) is 35.2 Å². The zero-order valence-electron chi connectivity index (χ0n) is 19.6. The van der Waals surface area contributed by atoms with Gasteiger partial charge in [-0.3, -0.25) is 0 Å². The van der Waals surface area contributed by atoms with Crippen LogP contribution in [-0.2, 0) is 11.3 Å². The minimum Gasteiger partial charge on any atom is -0.487 e. The van der Waals surface area contributed by atoms with E-state index in [0.29, 0.717) is 34.4 Å². The molecule has 1 aliphatic rings. The minimum absolute atomic E-state index is 0.161. The smallest absolute Gasteiger partial charge is 0.141 e. The van der Waals surface area contributed by atoms with E-state index in [-0.39, 0.29) is 17.8 Å². The molecule has 0 bridgehead atoms.